The van der Waals surface area contributed by atoms with Crippen molar-refractivity contribution in [3.63, 3.8) is 0 Å². The van der Waals surface area contributed by atoms with Gasteiger partial charge in [0.05, 0.1) is 42.8 Å². The largest absolute Gasteiger partial charge is 0.376 e. The normalized spacial score (nSPS) is 29.8. The summed E-state index contributed by atoms with van der Waals surface area (Å²) in [4.78, 5) is 21.5. The zero-order valence-corrected chi connectivity index (χ0v) is 25.4. The molecule has 14 heteroatoms. The first kappa shape index (κ1) is 30.3. The van der Waals surface area contributed by atoms with Crippen LogP contribution in [0.15, 0.2) is 51.8 Å². The van der Waals surface area contributed by atoms with Crippen molar-refractivity contribution in [2.75, 3.05) is 37.7 Å². The Balaban J connectivity index is 0.00000337. The Morgan fingerprint density at radius 2 is 2.05 bits per heavy atom. The minimum atomic E-state index is -1.12. The van der Waals surface area contributed by atoms with Crippen molar-refractivity contribution >= 4 is 47.5 Å². The summed E-state index contributed by atoms with van der Waals surface area (Å²) in [5.74, 6) is 1.42. The predicted octanol–water partition coefficient (Wildman–Crippen LogP) is 2.78. The molecule has 0 radical (unpaired) electrons. The van der Waals surface area contributed by atoms with Crippen LogP contribution in [0.5, 0.6) is 0 Å². The highest BCUT2D eigenvalue weighted by molar-refractivity contribution is 7.99. The van der Waals surface area contributed by atoms with Crippen molar-refractivity contribution in [3.05, 3.63) is 47.6 Å². The molecule has 3 fully saturated rings. The average Bonchev–Trinajstić information content (AvgIpc) is 3.59. The number of hydrogen-bond donors (Lipinski definition) is 4. The first-order chi connectivity index (χ1) is 19.4. The van der Waals surface area contributed by atoms with Crippen LogP contribution < -0.4 is 27.0 Å². The molecular formula is C27H37Cl2N9O2S. The lowest BCUT2D eigenvalue weighted by Crippen LogP contribution is -2.58. The smallest absolute Gasteiger partial charge is 0.197 e. The number of rotatable bonds is 6. The minimum Gasteiger partial charge on any atom is -0.376 e. The first-order valence-electron chi connectivity index (χ1n) is 13.8. The van der Waals surface area contributed by atoms with Crippen LogP contribution in [0.4, 0.5) is 5.82 Å². The van der Waals surface area contributed by atoms with Gasteiger partial charge in [-0.2, -0.15) is 0 Å². The van der Waals surface area contributed by atoms with Gasteiger partial charge in [-0.1, -0.05) is 23.4 Å². The summed E-state index contributed by atoms with van der Waals surface area (Å²) >= 11 is 8.27. The molecule has 222 valence electrons. The van der Waals surface area contributed by atoms with E-state index in [1.165, 1.54) is 11.8 Å². The molecule has 0 saturated carbocycles. The molecule has 41 heavy (non-hydrogen) atoms. The second kappa shape index (κ2) is 12.6. The van der Waals surface area contributed by atoms with Crippen molar-refractivity contribution in [1.82, 2.24) is 25.6 Å². The third-order valence-electron chi connectivity index (χ3n) is 8.37. The lowest BCUT2D eigenvalue weighted by molar-refractivity contribution is 0.0974. The summed E-state index contributed by atoms with van der Waals surface area (Å²) in [6.45, 7) is 5.93. The van der Waals surface area contributed by atoms with Crippen LogP contribution in [-0.2, 0) is 15.1 Å². The van der Waals surface area contributed by atoms with Gasteiger partial charge in [-0.25, -0.2) is 9.97 Å². The van der Waals surface area contributed by atoms with Crippen molar-refractivity contribution in [2.45, 2.75) is 66.4 Å². The third-order valence-corrected chi connectivity index (χ3v) is 9.85. The summed E-state index contributed by atoms with van der Waals surface area (Å²) in [5.41, 5.74) is 12.6. The molecule has 1 spiro atoms. The maximum Gasteiger partial charge on any atom is 0.197 e. The summed E-state index contributed by atoms with van der Waals surface area (Å²) in [6, 6.07) is 1.94. The van der Waals surface area contributed by atoms with E-state index in [0.29, 0.717) is 23.2 Å². The summed E-state index contributed by atoms with van der Waals surface area (Å²) in [5, 5.41) is 7.52. The molecule has 0 amide bonds. The van der Waals surface area contributed by atoms with Crippen LogP contribution in [0.3, 0.4) is 0 Å². The van der Waals surface area contributed by atoms with Gasteiger partial charge in [-0.15, -0.1) is 12.4 Å². The van der Waals surface area contributed by atoms with E-state index in [-0.39, 0.29) is 36.1 Å². The zero-order valence-electron chi connectivity index (χ0n) is 23.0. The van der Waals surface area contributed by atoms with Crippen molar-refractivity contribution < 1.29 is 9.47 Å². The molecule has 2 aromatic heterocycles. The SMILES string of the molecule is C[C@@H]1OCC2(CCN(c3cnc(Sc4ccnc(C5(N)C=CNC(=NC[C@@H]6CCCO6)N5)c4Cl)cn3)CC2)[C@@H]1N.Cl. The molecule has 1 unspecified atom stereocenters. The van der Waals surface area contributed by atoms with Crippen molar-refractivity contribution in [2.24, 2.45) is 21.9 Å². The number of nitrogens with two attached hydrogens (primary N) is 2. The van der Waals surface area contributed by atoms with E-state index in [1.807, 2.05) is 12.3 Å². The summed E-state index contributed by atoms with van der Waals surface area (Å²) in [6.07, 6.45) is 13.2. The zero-order chi connectivity index (χ0) is 27.7. The van der Waals surface area contributed by atoms with E-state index in [9.17, 15) is 0 Å². The van der Waals surface area contributed by atoms with Gasteiger partial charge in [0.2, 0.25) is 0 Å². The van der Waals surface area contributed by atoms with Gasteiger partial charge in [0, 0.05) is 48.4 Å². The lowest BCUT2D eigenvalue weighted by Gasteiger charge is -2.41. The van der Waals surface area contributed by atoms with Crippen molar-refractivity contribution in [3.8, 4) is 0 Å². The van der Waals surface area contributed by atoms with Gasteiger partial charge in [0.1, 0.15) is 16.5 Å². The molecular weight excluding hydrogens is 585 g/mol. The van der Waals surface area contributed by atoms with Gasteiger partial charge in [0.25, 0.3) is 0 Å². The molecule has 11 nitrogen and oxygen atoms in total. The number of aromatic nitrogens is 3. The Hall–Kier alpha value is -2.19. The number of nitrogens with one attached hydrogen (secondary N) is 2. The fraction of sp³-hybridized carbons (Fsp3) is 0.556. The van der Waals surface area contributed by atoms with Crippen LogP contribution in [0.1, 0.15) is 38.3 Å². The molecule has 3 saturated heterocycles. The van der Waals surface area contributed by atoms with E-state index in [0.717, 1.165) is 67.7 Å². The predicted molar refractivity (Wildman–Crippen MR) is 162 cm³/mol. The second-order valence-electron chi connectivity index (χ2n) is 11.0. The number of hydrogen-bond acceptors (Lipinski definition) is 10. The van der Waals surface area contributed by atoms with Crippen LogP contribution in [0, 0.1) is 5.41 Å². The van der Waals surface area contributed by atoms with Crippen LogP contribution in [-0.4, -0.2) is 72.0 Å². The quantitative estimate of drug-likeness (QED) is 0.377. The Labute approximate surface area is 255 Å². The number of halogens is 2. The van der Waals surface area contributed by atoms with Gasteiger partial charge >= 0.3 is 0 Å². The number of nitrogens with zero attached hydrogens (tertiary/aromatic N) is 5. The monoisotopic (exact) mass is 621 g/mol. The molecule has 2 aromatic rings. The second-order valence-corrected chi connectivity index (χ2v) is 12.4. The maximum atomic E-state index is 6.85. The number of aliphatic imine (C=N–C) groups is 1. The molecule has 6 rings (SSSR count). The molecule has 4 aliphatic heterocycles. The lowest BCUT2D eigenvalue weighted by atomic mass is 9.73. The minimum absolute atomic E-state index is 0. The topological polar surface area (TPSA) is 149 Å². The Bertz CT molecular complexity index is 1270. The number of piperidine rings is 1. The molecule has 4 atom stereocenters. The highest BCUT2D eigenvalue weighted by Gasteiger charge is 2.47. The molecule has 4 aliphatic rings. The Morgan fingerprint density at radius 3 is 2.73 bits per heavy atom. The molecule has 6 N–H and O–H groups in total. The van der Waals surface area contributed by atoms with Crippen LogP contribution in [0.2, 0.25) is 5.02 Å². The fourth-order valence-electron chi connectivity index (χ4n) is 5.82. The van der Waals surface area contributed by atoms with E-state index in [2.05, 4.69) is 37.4 Å². The summed E-state index contributed by atoms with van der Waals surface area (Å²) < 4.78 is 11.5. The number of anilines is 1. The number of ether oxygens (including phenoxy) is 2. The Kier molecular flexibility index (Phi) is 9.29. The standard InChI is InChI=1S/C27H36ClN9O2S.ClH/c1-17-23(29)26(16-39-17)6-10-37(11-7-26)20-14-34-21(15-33-20)40-19-4-8-31-24(22(19)28)27(30)5-9-32-25(36-27)35-13-18-3-2-12-38-18;/h4-5,8-9,14-15,17-18,23H,2-3,6-7,10-13,16,29-30H2,1H3,(H2,32,35,36);1H/t17-,18-,23+,27?;/m0./s1. The number of pyridine rings is 1. The molecule has 0 bridgehead atoms. The fourth-order valence-corrected chi connectivity index (χ4v) is 6.95. The highest BCUT2D eigenvalue weighted by Crippen LogP contribution is 2.42. The number of guanidine groups is 1. The van der Waals surface area contributed by atoms with Gasteiger partial charge in [-0.05, 0) is 44.7 Å². The molecule has 0 aromatic carbocycles. The molecule has 6 heterocycles. The van der Waals surface area contributed by atoms with Gasteiger partial charge in [0.15, 0.2) is 11.6 Å². The van der Waals surface area contributed by atoms with E-state index < -0.39 is 5.66 Å². The van der Waals surface area contributed by atoms with Crippen molar-refractivity contribution in [1.29, 1.82) is 0 Å². The first-order valence-corrected chi connectivity index (χ1v) is 15.0. The van der Waals surface area contributed by atoms with Gasteiger partial charge in [-0.3, -0.25) is 9.98 Å². The molecule has 0 aliphatic carbocycles. The highest BCUT2D eigenvalue weighted by atomic mass is 35.5. The van der Waals surface area contributed by atoms with Crippen LogP contribution in [0.25, 0.3) is 0 Å². The maximum absolute atomic E-state index is 6.85. The van der Waals surface area contributed by atoms with Crippen LogP contribution >= 0.6 is 35.8 Å². The summed E-state index contributed by atoms with van der Waals surface area (Å²) in [7, 11) is 0. The van der Waals surface area contributed by atoms with E-state index in [4.69, 9.17) is 37.5 Å². The van der Waals surface area contributed by atoms with Gasteiger partial charge < -0.3 is 36.5 Å². The van der Waals surface area contributed by atoms with E-state index in [1.54, 1.807) is 24.7 Å². The Morgan fingerprint density at radius 1 is 1.22 bits per heavy atom. The third kappa shape index (κ3) is 6.29. The van der Waals surface area contributed by atoms with E-state index >= 15 is 0 Å². The average molecular weight is 623 g/mol.